The predicted octanol–water partition coefficient (Wildman–Crippen LogP) is 3.84. The van der Waals surface area contributed by atoms with Gasteiger partial charge in [0.2, 0.25) is 0 Å². The summed E-state index contributed by atoms with van der Waals surface area (Å²) >= 11 is 0. The van der Waals surface area contributed by atoms with Crippen LogP contribution >= 0.6 is 0 Å². The Labute approximate surface area is 156 Å². The Morgan fingerprint density at radius 2 is 1.92 bits per heavy atom. The molecular weight excluding hydrogens is 324 g/mol. The molecule has 5 nitrogen and oxygen atoms in total. The minimum Gasteiger partial charge on any atom is -0.365 e. The largest absolute Gasteiger partial charge is 0.365 e. The Morgan fingerprint density at radius 1 is 1.27 bits per heavy atom. The summed E-state index contributed by atoms with van der Waals surface area (Å²) in [6.07, 6.45) is 3.93. The summed E-state index contributed by atoms with van der Waals surface area (Å²) in [5.41, 5.74) is 2.66. The third kappa shape index (κ3) is 4.59. The highest BCUT2D eigenvalue weighted by molar-refractivity contribution is 5.99. The molecule has 2 N–H and O–H groups in total. The summed E-state index contributed by atoms with van der Waals surface area (Å²) in [4.78, 5) is 21.6. The molecular formula is C21H30N4O. The number of allylic oxidation sites excluding steroid dienone is 1. The highest BCUT2D eigenvalue weighted by atomic mass is 16.1. The van der Waals surface area contributed by atoms with Gasteiger partial charge in [0.1, 0.15) is 5.82 Å². The molecule has 140 valence electrons. The second kappa shape index (κ2) is 7.44. The average Bonchev–Trinajstić information content (AvgIpc) is 3.30. The third-order valence-corrected chi connectivity index (χ3v) is 4.77. The van der Waals surface area contributed by atoms with Crippen molar-refractivity contribution in [3.05, 3.63) is 52.6 Å². The number of carbonyl (C=O) groups excluding carboxylic acids is 1. The van der Waals surface area contributed by atoms with Gasteiger partial charge in [0, 0.05) is 22.9 Å². The first kappa shape index (κ1) is 19.9. The van der Waals surface area contributed by atoms with E-state index in [2.05, 4.69) is 34.3 Å². The van der Waals surface area contributed by atoms with Crippen LogP contribution in [0.5, 0.6) is 0 Å². The van der Waals surface area contributed by atoms with Crippen LogP contribution < -0.4 is 10.6 Å². The number of aliphatic imine (C=N–C) groups is 1. The Morgan fingerprint density at radius 3 is 2.38 bits per heavy atom. The fourth-order valence-electron chi connectivity index (χ4n) is 2.88. The van der Waals surface area contributed by atoms with Crippen LogP contribution in [0.1, 0.15) is 60.1 Å². The van der Waals surface area contributed by atoms with Crippen LogP contribution in [0.3, 0.4) is 0 Å². The molecule has 2 rings (SSSR count). The summed E-state index contributed by atoms with van der Waals surface area (Å²) < 4.78 is 0. The van der Waals surface area contributed by atoms with E-state index in [-0.39, 0.29) is 11.4 Å². The number of aromatic nitrogens is 1. The van der Waals surface area contributed by atoms with Crippen molar-refractivity contribution in [1.82, 2.24) is 15.6 Å². The first-order chi connectivity index (χ1) is 12.1. The van der Waals surface area contributed by atoms with Crippen LogP contribution in [0.4, 0.5) is 0 Å². The van der Waals surface area contributed by atoms with Crippen LogP contribution in [0.15, 0.2) is 51.9 Å². The lowest BCUT2D eigenvalue weighted by molar-refractivity contribution is -0.119. The lowest BCUT2D eigenvalue weighted by atomic mass is 9.96. The lowest BCUT2D eigenvalue weighted by Crippen LogP contribution is -2.43. The van der Waals surface area contributed by atoms with E-state index in [1.807, 2.05) is 52.8 Å². The van der Waals surface area contributed by atoms with E-state index in [1.54, 1.807) is 6.20 Å². The van der Waals surface area contributed by atoms with E-state index < -0.39 is 5.54 Å². The number of carbonyl (C=O) groups is 1. The maximum atomic E-state index is 13.1. The molecule has 0 aliphatic heterocycles. The lowest BCUT2D eigenvalue weighted by Gasteiger charge is -2.27. The van der Waals surface area contributed by atoms with Crippen molar-refractivity contribution in [1.29, 1.82) is 0 Å². The van der Waals surface area contributed by atoms with Crippen molar-refractivity contribution in [2.45, 2.75) is 65.5 Å². The van der Waals surface area contributed by atoms with Crippen LogP contribution in [-0.4, -0.2) is 23.1 Å². The summed E-state index contributed by atoms with van der Waals surface area (Å²) in [6, 6.07) is 5.70. The Hall–Kier alpha value is -2.43. The smallest absolute Gasteiger partial charge is 0.252 e. The number of nitrogens with one attached hydrogen (secondary N) is 2. The molecule has 26 heavy (non-hydrogen) atoms. The summed E-state index contributed by atoms with van der Waals surface area (Å²) in [7, 11) is 0. The van der Waals surface area contributed by atoms with Crippen molar-refractivity contribution in [3.8, 4) is 0 Å². The maximum Gasteiger partial charge on any atom is 0.252 e. The fourth-order valence-corrected chi connectivity index (χ4v) is 2.88. The molecule has 1 aliphatic carbocycles. The number of rotatable bonds is 7. The molecule has 0 spiro atoms. The number of hydrogen-bond acceptors (Lipinski definition) is 4. The average molecular weight is 354 g/mol. The zero-order chi connectivity index (χ0) is 19.5. The second-order valence-corrected chi connectivity index (χ2v) is 7.99. The van der Waals surface area contributed by atoms with E-state index >= 15 is 0 Å². The normalized spacial score (nSPS) is 16.2. The molecule has 0 bridgehead atoms. The molecule has 0 radical (unpaired) electrons. The van der Waals surface area contributed by atoms with Gasteiger partial charge in [0.05, 0.1) is 11.2 Å². The first-order valence-corrected chi connectivity index (χ1v) is 8.97. The van der Waals surface area contributed by atoms with E-state index in [1.165, 1.54) is 0 Å². The fraction of sp³-hybridized carbons (Fsp3) is 0.476. The van der Waals surface area contributed by atoms with E-state index in [9.17, 15) is 4.79 Å². The van der Waals surface area contributed by atoms with Crippen LogP contribution in [0.25, 0.3) is 0 Å². The van der Waals surface area contributed by atoms with Gasteiger partial charge in [-0.1, -0.05) is 11.6 Å². The maximum absolute atomic E-state index is 13.1. The molecule has 1 heterocycles. The molecule has 0 unspecified atom stereocenters. The number of amides is 1. The molecule has 5 heteroatoms. The number of pyridine rings is 1. The minimum atomic E-state index is -0.586. The SMILES string of the molecule is C=N/C(NC1(C)CC1)=C(\C)C(C(=O)NC(C)(C)c1ccccn1)=C(C)C. The van der Waals surface area contributed by atoms with Gasteiger partial charge in [-0.3, -0.25) is 9.78 Å². The minimum absolute atomic E-state index is 0.0637. The van der Waals surface area contributed by atoms with E-state index in [0.29, 0.717) is 11.4 Å². The van der Waals surface area contributed by atoms with Gasteiger partial charge in [-0.15, -0.1) is 0 Å². The number of nitrogens with zero attached hydrogens (tertiary/aromatic N) is 2. The quantitative estimate of drug-likeness (QED) is 0.444. The molecule has 1 saturated carbocycles. The van der Waals surface area contributed by atoms with Crippen LogP contribution in [-0.2, 0) is 10.3 Å². The molecule has 1 amide bonds. The van der Waals surface area contributed by atoms with E-state index in [0.717, 1.165) is 29.7 Å². The zero-order valence-electron chi connectivity index (χ0n) is 16.7. The Kier molecular flexibility index (Phi) is 5.69. The van der Waals surface area contributed by atoms with Gasteiger partial charge >= 0.3 is 0 Å². The summed E-state index contributed by atoms with van der Waals surface area (Å²) in [5, 5.41) is 6.53. The second-order valence-electron chi connectivity index (χ2n) is 7.99. The highest BCUT2D eigenvalue weighted by Crippen LogP contribution is 2.36. The van der Waals surface area contributed by atoms with Gasteiger partial charge < -0.3 is 10.6 Å². The van der Waals surface area contributed by atoms with Crippen molar-refractivity contribution in [2.75, 3.05) is 0 Å². The van der Waals surface area contributed by atoms with Gasteiger partial charge in [-0.2, -0.15) is 0 Å². The van der Waals surface area contributed by atoms with Crippen LogP contribution in [0.2, 0.25) is 0 Å². The van der Waals surface area contributed by atoms with E-state index in [4.69, 9.17) is 0 Å². The summed E-state index contributed by atoms with van der Waals surface area (Å²) in [6.45, 7) is 15.5. The monoisotopic (exact) mass is 354 g/mol. The van der Waals surface area contributed by atoms with Crippen molar-refractivity contribution in [2.24, 2.45) is 4.99 Å². The molecule has 0 saturated heterocycles. The molecule has 1 fully saturated rings. The van der Waals surface area contributed by atoms with Gasteiger partial charge in [-0.25, -0.2) is 4.99 Å². The standard InChI is InChI=1S/C21H30N4O/c1-14(2)17(15(3)18(22-7)24-21(6)11-12-21)19(26)25-20(4,5)16-10-8-9-13-23-16/h8-10,13,24H,7,11-12H2,1-6H3,(H,25,26)/b18-15-. The van der Waals surface area contributed by atoms with Gasteiger partial charge in [0.25, 0.3) is 5.91 Å². The number of hydrogen-bond donors (Lipinski definition) is 2. The molecule has 0 atom stereocenters. The summed E-state index contributed by atoms with van der Waals surface area (Å²) in [5.74, 6) is 0.536. The molecule has 1 aromatic rings. The highest BCUT2D eigenvalue weighted by Gasteiger charge is 2.38. The van der Waals surface area contributed by atoms with Crippen LogP contribution in [0, 0.1) is 0 Å². The zero-order valence-corrected chi connectivity index (χ0v) is 16.7. The first-order valence-electron chi connectivity index (χ1n) is 8.97. The van der Waals surface area contributed by atoms with Gasteiger partial charge in [-0.05, 0) is 73.2 Å². The Bertz CT molecular complexity index is 751. The van der Waals surface area contributed by atoms with Crippen molar-refractivity contribution >= 4 is 12.6 Å². The van der Waals surface area contributed by atoms with Gasteiger partial charge in [0.15, 0.2) is 0 Å². The molecule has 1 aromatic heterocycles. The topological polar surface area (TPSA) is 66.4 Å². The molecule has 0 aromatic carbocycles. The van der Waals surface area contributed by atoms with Crippen molar-refractivity contribution in [3.63, 3.8) is 0 Å². The Balaban J connectivity index is 2.30. The third-order valence-electron chi connectivity index (χ3n) is 4.77. The van der Waals surface area contributed by atoms with Crippen molar-refractivity contribution < 1.29 is 4.79 Å². The molecule has 1 aliphatic rings. The predicted molar refractivity (Wildman–Crippen MR) is 107 cm³/mol.